The van der Waals surface area contributed by atoms with Gasteiger partial charge in [0.1, 0.15) is 0 Å². The lowest BCUT2D eigenvalue weighted by Crippen LogP contribution is -2.37. The van der Waals surface area contributed by atoms with Crippen molar-refractivity contribution in [2.24, 2.45) is 10.2 Å². The average Bonchev–Trinajstić information content (AvgIpc) is 3.03. The Hall–Kier alpha value is -5.10. The number of benzene rings is 3. The summed E-state index contributed by atoms with van der Waals surface area (Å²) in [7, 11) is 3.95. The molecule has 6 nitrogen and oxygen atoms in total. The van der Waals surface area contributed by atoms with Crippen molar-refractivity contribution in [2.45, 2.75) is 26.9 Å². The molecule has 5 rings (SSSR count). The van der Waals surface area contributed by atoms with E-state index in [0.29, 0.717) is 0 Å². The van der Waals surface area contributed by atoms with E-state index in [9.17, 15) is 0 Å². The van der Waals surface area contributed by atoms with Crippen LogP contribution in [0.2, 0.25) is 0 Å². The van der Waals surface area contributed by atoms with Gasteiger partial charge in [0.2, 0.25) is 0 Å². The van der Waals surface area contributed by atoms with E-state index >= 15 is 0 Å². The molecular formula is C36H38N6+2. The molecule has 0 saturated carbocycles. The van der Waals surface area contributed by atoms with E-state index < -0.39 is 0 Å². The summed E-state index contributed by atoms with van der Waals surface area (Å²) in [6.07, 6.45) is 8.52. The standard InChI is InChI=1S/C36H38N6/c1-29(37-39(3)35-15-7-5-8-16-35)31-19-23-41(24-20-31)27-33-13-11-12-14-34(33)28-42-25-21-32(22-26-42)30(2)38-40(4)36-17-9-6-10-18-36/h5-26H,27-28H2,1-4H3/q+2. The molecule has 6 heteroatoms. The van der Waals surface area contributed by atoms with E-state index in [0.717, 1.165) is 47.0 Å². The SMILES string of the molecule is C/C(=N\N(C)c1ccccc1)c1cc[n+](Cc2ccccc2C[n+]2ccc(/C(C)=N/N(C)c3ccccc3)cc2)cc1. The molecule has 0 amide bonds. The molecule has 0 radical (unpaired) electrons. The predicted octanol–water partition coefficient (Wildman–Crippen LogP) is 6.08. The highest BCUT2D eigenvalue weighted by Crippen LogP contribution is 2.14. The lowest BCUT2D eigenvalue weighted by atomic mass is 10.1. The van der Waals surface area contributed by atoms with Crippen LogP contribution >= 0.6 is 0 Å². The van der Waals surface area contributed by atoms with Crippen LogP contribution in [0.15, 0.2) is 144 Å². The first-order chi connectivity index (χ1) is 20.5. The Kier molecular flexibility index (Phi) is 9.14. The molecule has 5 aromatic rings. The molecule has 2 aromatic heterocycles. The van der Waals surface area contributed by atoms with Gasteiger partial charge in [-0.15, -0.1) is 0 Å². The number of pyridine rings is 2. The number of aromatic nitrogens is 2. The summed E-state index contributed by atoms with van der Waals surface area (Å²) in [5, 5.41) is 13.4. The molecule has 0 aliphatic rings. The molecule has 0 spiro atoms. The second-order valence-corrected chi connectivity index (χ2v) is 10.4. The van der Waals surface area contributed by atoms with Crippen LogP contribution in [0.4, 0.5) is 11.4 Å². The van der Waals surface area contributed by atoms with E-state index in [-0.39, 0.29) is 0 Å². The largest absolute Gasteiger partial charge is 0.268 e. The Morgan fingerprint density at radius 3 is 1.19 bits per heavy atom. The fourth-order valence-electron chi connectivity index (χ4n) is 4.84. The van der Waals surface area contributed by atoms with Crippen molar-refractivity contribution in [1.29, 1.82) is 0 Å². The van der Waals surface area contributed by atoms with Gasteiger partial charge in [-0.1, -0.05) is 60.7 Å². The molecular weight excluding hydrogens is 516 g/mol. The number of anilines is 2. The number of para-hydroxylation sites is 2. The van der Waals surface area contributed by atoms with Crippen LogP contribution in [0.3, 0.4) is 0 Å². The van der Waals surface area contributed by atoms with E-state index in [4.69, 9.17) is 10.2 Å². The lowest BCUT2D eigenvalue weighted by molar-refractivity contribution is -0.693. The Morgan fingerprint density at radius 1 is 0.500 bits per heavy atom. The summed E-state index contributed by atoms with van der Waals surface area (Å²) in [5.41, 5.74) is 8.86. The number of hydrazone groups is 2. The summed E-state index contributed by atoms with van der Waals surface area (Å²) in [6.45, 7) is 5.69. The molecule has 0 unspecified atom stereocenters. The molecule has 0 N–H and O–H groups in total. The van der Waals surface area contributed by atoms with Crippen molar-refractivity contribution >= 4 is 22.8 Å². The minimum atomic E-state index is 0.798. The Morgan fingerprint density at radius 2 is 0.833 bits per heavy atom. The minimum Gasteiger partial charge on any atom is -0.268 e. The van der Waals surface area contributed by atoms with Crippen molar-refractivity contribution < 1.29 is 9.13 Å². The zero-order chi connectivity index (χ0) is 29.3. The Balaban J connectivity index is 1.24. The zero-order valence-corrected chi connectivity index (χ0v) is 24.8. The molecule has 0 atom stereocenters. The van der Waals surface area contributed by atoms with E-state index in [1.165, 1.54) is 11.1 Å². The molecule has 2 heterocycles. The van der Waals surface area contributed by atoms with Crippen molar-refractivity contribution in [3.05, 3.63) is 156 Å². The van der Waals surface area contributed by atoms with E-state index in [1.807, 2.05) is 74.4 Å². The van der Waals surface area contributed by atoms with Gasteiger partial charge in [0.15, 0.2) is 37.9 Å². The second-order valence-electron chi connectivity index (χ2n) is 10.4. The van der Waals surface area contributed by atoms with Crippen LogP contribution in [0.5, 0.6) is 0 Å². The molecule has 42 heavy (non-hydrogen) atoms. The third kappa shape index (κ3) is 7.34. The van der Waals surface area contributed by atoms with Gasteiger partial charge in [0.05, 0.1) is 22.8 Å². The first-order valence-corrected chi connectivity index (χ1v) is 14.2. The number of nitrogens with zero attached hydrogens (tertiary/aromatic N) is 6. The summed E-state index contributed by atoms with van der Waals surface area (Å²) < 4.78 is 4.43. The van der Waals surface area contributed by atoms with Gasteiger partial charge in [-0.25, -0.2) is 9.13 Å². The predicted molar refractivity (Wildman–Crippen MR) is 172 cm³/mol. The van der Waals surface area contributed by atoms with Gasteiger partial charge in [-0.2, -0.15) is 10.2 Å². The maximum absolute atomic E-state index is 4.77. The molecule has 0 aliphatic carbocycles. The zero-order valence-electron chi connectivity index (χ0n) is 24.8. The molecule has 210 valence electrons. The molecule has 0 saturated heterocycles. The van der Waals surface area contributed by atoms with Gasteiger partial charge in [0, 0.05) is 60.6 Å². The fraction of sp³-hybridized carbons (Fsp3) is 0.167. The molecule has 0 bridgehead atoms. The van der Waals surface area contributed by atoms with Crippen LogP contribution in [-0.2, 0) is 13.1 Å². The van der Waals surface area contributed by atoms with Gasteiger partial charge < -0.3 is 0 Å². The third-order valence-corrected chi connectivity index (χ3v) is 7.30. The maximum Gasteiger partial charge on any atom is 0.174 e. The van der Waals surface area contributed by atoms with Gasteiger partial charge in [-0.05, 0) is 38.1 Å². The average molecular weight is 555 g/mol. The van der Waals surface area contributed by atoms with Crippen molar-refractivity contribution in [1.82, 2.24) is 0 Å². The van der Waals surface area contributed by atoms with E-state index in [1.54, 1.807) is 0 Å². The minimum absolute atomic E-state index is 0.798. The van der Waals surface area contributed by atoms with Gasteiger partial charge in [0.25, 0.3) is 0 Å². The van der Waals surface area contributed by atoms with Gasteiger partial charge in [-0.3, -0.25) is 10.0 Å². The van der Waals surface area contributed by atoms with Crippen molar-refractivity contribution in [3.63, 3.8) is 0 Å². The Labute approximate surface area is 249 Å². The topological polar surface area (TPSA) is 39.0 Å². The van der Waals surface area contributed by atoms with Crippen LogP contribution in [-0.4, -0.2) is 25.5 Å². The number of hydrogen-bond donors (Lipinski definition) is 0. The first kappa shape index (κ1) is 28.4. The van der Waals surface area contributed by atoms with Crippen LogP contribution in [0.25, 0.3) is 0 Å². The Bertz CT molecular complexity index is 1520. The van der Waals surface area contributed by atoms with Gasteiger partial charge >= 0.3 is 0 Å². The summed E-state index contributed by atoms with van der Waals surface area (Å²) in [5.74, 6) is 0. The summed E-state index contributed by atoms with van der Waals surface area (Å²) in [4.78, 5) is 0. The number of hydrogen-bond acceptors (Lipinski definition) is 4. The van der Waals surface area contributed by atoms with Crippen molar-refractivity contribution in [2.75, 3.05) is 24.1 Å². The third-order valence-electron chi connectivity index (χ3n) is 7.30. The summed E-state index contributed by atoms with van der Waals surface area (Å²) >= 11 is 0. The van der Waals surface area contributed by atoms with Crippen molar-refractivity contribution in [3.8, 4) is 0 Å². The monoisotopic (exact) mass is 554 g/mol. The maximum atomic E-state index is 4.77. The first-order valence-electron chi connectivity index (χ1n) is 14.2. The van der Waals surface area contributed by atoms with Crippen LogP contribution < -0.4 is 19.2 Å². The number of rotatable bonds is 10. The normalized spacial score (nSPS) is 11.8. The summed E-state index contributed by atoms with van der Waals surface area (Å²) in [6, 6.07) is 37.5. The smallest absolute Gasteiger partial charge is 0.174 e. The highest BCUT2D eigenvalue weighted by molar-refractivity contribution is 5.99. The quantitative estimate of drug-likeness (QED) is 0.119. The second kappa shape index (κ2) is 13.5. The highest BCUT2D eigenvalue weighted by Gasteiger charge is 2.13. The van der Waals surface area contributed by atoms with Crippen LogP contribution in [0.1, 0.15) is 36.1 Å². The van der Waals surface area contributed by atoms with Crippen LogP contribution in [0, 0.1) is 0 Å². The fourth-order valence-corrected chi connectivity index (χ4v) is 4.84. The molecule has 0 aliphatic heterocycles. The highest BCUT2D eigenvalue weighted by atomic mass is 15.4. The van der Waals surface area contributed by atoms with E-state index in [2.05, 4.69) is 107 Å². The molecule has 3 aromatic carbocycles. The molecule has 0 fully saturated rings. The lowest BCUT2D eigenvalue weighted by Gasteiger charge is -2.14.